The Morgan fingerprint density at radius 1 is 1.29 bits per heavy atom. The molecule has 2 rings (SSSR count). The number of benzene rings is 1. The molecule has 3 heteroatoms. The molecule has 1 aliphatic rings. The molecule has 0 saturated carbocycles. The second-order valence-electron chi connectivity index (χ2n) is 4.30. The van der Waals surface area contributed by atoms with E-state index in [0.29, 0.717) is 6.04 Å². The first-order valence-corrected chi connectivity index (χ1v) is 7.32. The Morgan fingerprint density at radius 3 is 2.71 bits per heavy atom. The van der Waals surface area contributed by atoms with Crippen LogP contribution in [0, 0.1) is 0 Å². The lowest BCUT2D eigenvalue weighted by molar-refractivity contribution is 0.667. The van der Waals surface area contributed by atoms with Crippen LogP contribution in [0.4, 0.5) is 0 Å². The quantitative estimate of drug-likeness (QED) is 0.884. The van der Waals surface area contributed by atoms with Gasteiger partial charge in [-0.25, -0.2) is 0 Å². The second kappa shape index (κ2) is 6.10. The van der Waals surface area contributed by atoms with Gasteiger partial charge in [0.15, 0.2) is 5.17 Å². The van der Waals surface area contributed by atoms with E-state index in [-0.39, 0.29) is 0 Å². The van der Waals surface area contributed by atoms with Crippen molar-refractivity contribution >= 4 is 16.9 Å². The van der Waals surface area contributed by atoms with Crippen molar-refractivity contribution in [1.29, 1.82) is 0 Å². The highest BCUT2D eigenvalue weighted by Gasteiger charge is 2.17. The number of amidine groups is 1. The maximum atomic E-state index is 4.67. The zero-order valence-corrected chi connectivity index (χ0v) is 11.4. The van der Waals surface area contributed by atoms with Gasteiger partial charge in [-0.1, -0.05) is 49.9 Å². The van der Waals surface area contributed by atoms with Gasteiger partial charge < -0.3 is 5.32 Å². The number of thioether (sulfide) groups is 1. The minimum atomic E-state index is 0.611. The molecule has 0 aliphatic carbocycles. The standard InChI is InChI=1S/C14H20N2S/c1-3-11-7-5-6-8-12(11)9-15-14-16-13(4-2)10-17-14/h5-8,13H,3-4,9-10H2,1-2H3,(H,15,16). The number of hydrogen-bond acceptors (Lipinski definition) is 2. The van der Waals surface area contributed by atoms with E-state index in [1.165, 1.54) is 17.5 Å². The Morgan fingerprint density at radius 2 is 2.06 bits per heavy atom. The maximum Gasteiger partial charge on any atom is 0.157 e. The minimum Gasteiger partial charge on any atom is -0.361 e. The lowest BCUT2D eigenvalue weighted by Crippen LogP contribution is -2.25. The van der Waals surface area contributed by atoms with Crippen LogP contribution in [0.25, 0.3) is 0 Å². The van der Waals surface area contributed by atoms with E-state index in [9.17, 15) is 0 Å². The molecule has 0 aromatic heterocycles. The average molecular weight is 248 g/mol. The molecule has 2 nitrogen and oxygen atoms in total. The maximum absolute atomic E-state index is 4.67. The zero-order valence-electron chi connectivity index (χ0n) is 10.6. The van der Waals surface area contributed by atoms with Crippen molar-refractivity contribution in [3.05, 3.63) is 35.4 Å². The number of rotatable bonds is 4. The molecule has 92 valence electrons. The fourth-order valence-electron chi connectivity index (χ4n) is 1.96. The topological polar surface area (TPSA) is 24.4 Å². The van der Waals surface area contributed by atoms with Gasteiger partial charge in [0.05, 0.1) is 6.54 Å². The fourth-order valence-corrected chi connectivity index (χ4v) is 3.05. The first-order chi connectivity index (χ1) is 8.33. The zero-order chi connectivity index (χ0) is 12.1. The lowest BCUT2D eigenvalue weighted by atomic mass is 10.1. The molecule has 0 amide bonds. The van der Waals surface area contributed by atoms with E-state index < -0.39 is 0 Å². The third-order valence-corrected chi connectivity index (χ3v) is 4.22. The van der Waals surface area contributed by atoms with Crippen LogP contribution < -0.4 is 5.32 Å². The summed E-state index contributed by atoms with van der Waals surface area (Å²) in [4.78, 5) is 4.67. The fraction of sp³-hybridized carbons (Fsp3) is 0.500. The minimum absolute atomic E-state index is 0.611. The molecule has 1 N–H and O–H groups in total. The van der Waals surface area contributed by atoms with Crippen molar-refractivity contribution in [2.45, 2.75) is 39.3 Å². The van der Waals surface area contributed by atoms with Crippen LogP contribution in [0.1, 0.15) is 31.4 Å². The Kier molecular flexibility index (Phi) is 4.49. The molecule has 1 atom stereocenters. The molecule has 17 heavy (non-hydrogen) atoms. The summed E-state index contributed by atoms with van der Waals surface area (Å²) in [6.07, 6.45) is 2.26. The highest BCUT2D eigenvalue weighted by atomic mass is 32.2. The number of hydrogen-bond donors (Lipinski definition) is 1. The van der Waals surface area contributed by atoms with Crippen LogP contribution in [0.2, 0.25) is 0 Å². The number of aryl methyl sites for hydroxylation is 1. The molecule has 1 aliphatic heterocycles. The van der Waals surface area contributed by atoms with Crippen LogP contribution >= 0.6 is 11.8 Å². The molecule has 0 bridgehead atoms. The van der Waals surface area contributed by atoms with Crippen LogP contribution in [0.5, 0.6) is 0 Å². The third-order valence-electron chi connectivity index (χ3n) is 3.13. The number of nitrogens with one attached hydrogen (secondary N) is 1. The van der Waals surface area contributed by atoms with E-state index in [2.05, 4.69) is 48.4 Å². The van der Waals surface area contributed by atoms with Gasteiger partial charge in [-0.3, -0.25) is 4.99 Å². The van der Waals surface area contributed by atoms with Gasteiger partial charge in [0, 0.05) is 11.8 Å². The Balaban J connectivity index is 2.00. The van der Waals surface area contributed by atoms with Crippen molar-refractivity contribution in [2.24, 2.45) is 4.99 Å². The van der Waals surface area contributed by atoms with Gasteiger partial charge in [-0.05, 0) is 24.0 Å². The van der Waals surface area contributed by atoms with Gasteiger partial charge in [0.25, 0.3) is 0 Å². The Bertz CT molecular complexity index is 401. The lowest BCUT2D eigenvalue weighted by Gasteiger charge is -2.06. The monoisotopic (exact) mass is 248 g/mol. The first kappa shape index (κ1) is 12.5. The molecule has 1 aromatic carbocycles. The van der Waals surface area contributed by atoms with Gasteiger partial charge in [0.2, 0.25) is 0 Å². The summed E-state index contributed by atoms with van der Waals surface area (Å²) in [5, 5.41) is 4.57. The van der Waals surface area contributed by atoms with E-state index in [0.717, 1.165) is 23.9 Å². The van der Waals surface area contributed by atoms with Gasteiger partial charge in [-0.2, -0.15) is 0 Å². The van der Waals surface area contributed by atoms with Crippen molar-refractivity contribution in [2.75, 3.05) is 5.75 Å². The summed E-state index contributed by atoms with van der Waals surface area (Å²) >= 11 is 1.85. The molecule has 1 unspecified atom stereocenters. The molecule has 1 heterocycles. The van der Waals surface area contributed by atoms with Crippen LogP contribution in [0.3, 0.4) is 0 Å². The van der Waals surface area contributed by atoms with E-state index in [1.54, 1.807) is 0 Å². The van der Waals surface area contributed by atoms with Crippen LogP contribution in [-0.4, -0.2) is 17.0 Å². The molecule has 1 fully saturated rings. The number of nitrogens with zero attached hydrogens (tertiary/aromatic N) is 1. The van der Waals surface area contributed by atoms with Gasteiger partial charge in [-0.15, -0.1) is 0 Å². The first-order valence-electron chi connectivity index (χ1n) is 6.34. The van der Waals surface area contributed by atoms with Crippen LogP contribution in [0.15, 0.2) is 29.3 Å². The Hall–Kier alpha value is -0.960. The van der Waals surface area contributed by atoms with E-state index >= 15 is 0 Å². The second-order valence-corrected chi connectivity index (χ2v) is 5.31. The predicted molar refractivity (Wildman–Crippen MR) is 76.6 cm³/mol. The highest BCUT2D eigenvalue weighted by molar-refractivity contribution is 8.14. The summed E-state index contributed by atoms with van der Waals surface area (Å²) < 4.78 is 0. The van der Waals surface area contributed by atoms with E-state index in [4.69, 9.17) is 0 Å². The molecular formula is C14H20N2S. The van der Waals surface area contributed by atoms with E-state index in [1.807, 2.05) is 11.8 Å². The summed E-state index contributed by atoms with van der Waals surface area (Å²) in [6, 6.07) is 9.18. The summed E-state index contributed by atoms with van der Waals surface area (Å²) in [5.74, 6) is 1.16. The van der Waals surface area contributed by atoms with Gasteiger partial charge >= 0.3 is 0 Å². The predicted octanol–water partition coefficient (Wildman–Crippen LogP) is 3.22. The average Bonchev–Trinajstić information content (AvgIpc) is 2.84. The SMILES string of the molecule is CCc1ccccc1CN=C1NC(CC)CS1. The molecule has 1 aromatic rings. The summed E-state index contributed by atoms with van der Waals surface area (Å²) in [6.45, 7) is 5.21. The molecule has 0 spiro atoms. The smallest absolute Gasteiger partial charge is 0.157 e. The van der Waals surface area contributed by atoms with Crippen molar-refractivity contribution in [3.8, 4) is 0 Å². The molecule has 0 radical (unpaired) electrons. The highest BCUT2D eigenvalue weighted by Crippen LogP contribution is 2.17. The molecule has 1 saturated heterocycles. The van der Waals surface area contributed by atoms with Gasteiger partial charge in [0.1, 0.15) is 0 Å². The number of aliphatic imine (C=N–C) groups is 1. The third kappa shape index (κ3) is 3.25. The van der Waals surface area contributed by atoms with Crippen molar-refractivity contribution in [1.82, 2.24) is 5.32 Å². The van der Waals surface area contributed by atoms with Crippen LogP contribution in [-0.2, 0) is 13.0 Å². The normalized spacial score (nSPS) is 21.8. The van der Waals surface area contributed by atoms with Crippen molar-refractivity contribution < 1.29 is 0 Å². The summed E-state index contributed by atoms with van der Waals surface area (Å²) in [7, 11) is 0. The Labute approximate surface area is 108 Å². The largest absolute Gasteiger partial charge is 0.361 e. The summed E-state index contributed by atoms with van der Waals surface area (Å²) in [5.41, 5.74) is 2.76. The molecular weight excluding hydrogens is 228 g/mol. The van der Waals surface area contributed by atoms with Crippen molar-refractivity contribution in [3.63, 3.8) is 0 Å².